The van der Waals surface area contributed by atoms with Crippen LogP contribution in [0.1, 0.15) is 34.5 Å². The largest absolute Gasteiger partial charge is 0.362 e. The summed E-state index contributed by atoms with van der Waals surface area (Å²) in [5.41, 5.74) is 2.06. The molecule has 5 heteroatoms. The number of rotatable bonds is 4. The molecule has 0 N–H and O–H groups in total. The Kier molecular flexibility index (Phi) is 4.21. The standard InChI is InChI=1S/C18H17NO4/c1-12-11-14-9-5-6-10-15(14)18(23-12)16(19(21)22)17(20)13-7-3-2-4-8-13/h2-10,12,16,18H,11H2,1H3. The molecular weight excluding hydrogens is 294 g/mol. The zero-order valence-electron chi connectivity index (χ0n) is 12.7. The highest BCUT2D eigenvalue weighted by atomic mass is 16.6. The predicted octanol–water partition coefficient (Wildman–Crippen LogP) is 3.22. The highest BCUT2D eigenvalue weighted by molar-refractivity contribution is 5.99. The van der Waals surface area contributed by atoms with E-state index in [0.717, 1.165) is 11.1 Å². The smallest absolute Gasteiger partial charge is 0.304 e. The van der Waals surface area contributed by atoms with Gasteiger partial charge in [0.05, 0.1) is 6.10 Å². The second-order valence-corrected chi connectivity index (χ2v) is 5.73. The normalized spacial score (nSPS) is 21.3. The summed E-state index contributed by atoms with van der Waals surface area (Å²) >= 11 is 0. The third-order valence-corrected chi connectivity index (χ3v) is 4.09. The molecule has 0 amide bonds. The summed E-state index contributed by atoms with van der Waals surface area (Å²) in [4.78, 5) is 23.8. The van der Waals surface area contributed by atoms with Crippen molar-refractivity contribution in [2.24, 2.45) is 0 Å². The molecule has 0 fully saturated rings. The molecule has 0 spiro atoms. The average Bonchev–Trinajstić information content (AvgIpc) is 2.55. The number of hydrogen-bond donors (Lipinski definition) is 0. The molecule has 0 aromatic heterocycles. The summed E-state index contributed by atoms with van der Waals surface area (Å²) in [6.45, 7) is 1.87. The predicted molar refractivity (Wildman–Crippen MR) is 85.0 cm³/mol. The summed E-state index contributed by atoms with van der Waals surface area (Å²) in [5.74, 6) is -0.524. The van der Waals surface area contributed by atoms with Crippen molar-refractivity contribution >= 4 is 5.78 Å². The minimum absolute atomic E-state index is 0.166. The first kappa shape index (κ1) is 15.4. The molecule has 5 nitrogen and oxygen atoms in total. The molecule has 3 rings (SSSR count). The van der Waals surface area contributed by atoms with Gasteiger partial charge in [-0.05, 0) is 24.5 Å². The van der Waals surface area contributed by atoms with Crippen LogP contribution in [0.3, 0.4) is 0 Å². The number of nitrogens with zero attached hydrogens (tertiary/aromatic N) is 1. The molecule has 1 heterocycles. The van der Waals surface area contributed by atoms with E-state index in [2.05, 4.69) is 0 Å². The third-order valence-electron chi connectivity index (χ3n) is 4.09. The van der Waals surface area contributed by atoms with Gasteiger partial charge in [0.25, 0.3) is 0 Å². The highest BCUT2D eigenvalue weighted by Crippen LogP contribution is 2.34. The number of ether oxygens (including phenoxy) is 1. The van der Waals surface area contributed by atoms with Gasteiger partial charge in [0.15, 0.2) is 6.10 Å². The Morgan fingerprint density at radius 1 is 1.17 bits per heavy atom. The number of Topliss-reactive ketones (excluding diaryl/α,β-unsaturated/α-hetero) is 1. The van der Waals surface area contributed by atoms with Crippen LogP contribution < -0.4 is 0 Å². The summed E-state index contributed by atoms with van der Waals surface area (Å²) in [5, 5.41) is 11.6. The molecule has 3 unspecified atom stereocenters. The summed E-state index contributed by atoms with van der Waals surface area (Å²) < 4.78 is 5.82. The minimum atomic E-state index is -1.44. The van der Waals surface area contributed by atoms with E-state index in [-0.39, 0.29) is 6.10 Å². The van der Waals surface area contributed by atoms with Crippen LogP contribution in [0.2, 0.25) is 0 Å². The monoisotopic (exact) mass is 311 g/mol. The maximum Gasteiger partial charge on any atom is 0.304 e. The molecular formula is C18H17NO4. The lowest BCUT2D eigenvalue weighted by atomic mass is 9.88. The van der Waals surface area contributed by atoms with Crippen LogP contribution in [0.15, 0.2) is 54.6 Å². The fourth-order valence-corrected chi connectivity index (χ4v) is 3.04. The van der Waals surface area contributed by atoms with Crippen LogP contribution in [-0.2, 0) is 11.2 Å². The molecule has 0 radical (unpaired) electrons. The summed E-state index contributed by atoms with van der Waals surface area (Å²) in [6.07, 6.45) is -0.338. The summed E-state index contributed by atoms with van der Waals surface area (Å²) in [6, 6.07) is 14.4. The van der Waals surface area contributed by atoms with Crippen molar-refractivity contribution in [3.05, 3.63) is 81.4 Å². The van der Waals surface area contributed by atoms with Crippen LogP contribution in [0, 0.1) is 10.1 Å². The Balaban J connectivity index is 2.02. The third kappa shape index (κ3) is 3.00. The maximum absolute atomic E-state index is 12.7. The van der Waals surface area contributed by atoms with E-state index in [1.807, 2.05) is 25.1 Å². The van der Waals surface area contributed by atoms with Gasteiger partial charge in [0.1, 0.15) is 0 Å². The van der Waals surface area contributed by atoms with Crippen molar-refractivity contribution in [2.45, 2.75) is 31.6 Å². The molecule has 0 saturated carbocycles. The number of carbonyl (C=O) groups is 1. The minimum Gasteiger partial charge on any atom is -0.362 e. The van der Waals surface area contributed by atoms with E-state index in [9.17, 15) is 14.9 Å². The fourth-order valence-electron chi connectivity index (χ4n) is 3.04. The number of ketones is 1. The zero-order valence-corrected chi connectivity index (χ0v) is 12.7. The van der Waals surface area contributed by atoms with E-state index >= 15 is 0 Å². The Morgan fingerprint density at radius 2 is 1.83 bits per heavy atom. The van der Waals surface area contributed by atoms with Crippen LogP contribution >= 0.6 is 0 Å². The Bertz CT molecular complexity index is 729. The van der Waals surface area contributed by atoms with E-state index in [1.54, 1.807) is 36.4 Å². The van der Waals surface area contributed by atoms with Crippen molar-refractivity contribution < 1.29 is 14.5 Å². The van der Waals surface area contributed by atoms with Gasteiger partial charge in [0.2, 0.25) is 5.78 Å². The zero-order chi connectivity index (χ0) is 16.4. The van der Waals surface area contributed by atoms with Gasteiger partial charge in [0, 0.05) is 10.5 Å². The molecule has 0 saturated heterocycles. The first-order valence-electron chi connectivity index (χ1n) is 7.54. The molecule has 2 aromatic carbocycles. The van der Waals surface area contributed by atoms with Crippen LogP contribution in [0.5, 0.6) is 0 Å². The molecule has 1 aliphatic rings. The van der Waals surface area contributed by atoms with Crippen LogP contribution in [0.4, 0.5) is 0 Å². The lowest BCUT2D eigenvalue weighted by Gasteiger charge is -2.31. The lowest BCUT2D eigenvalue weighted by Crippen LogP contribution is -2.41. The van der Waals surface area contributed by atoms with Gasteiger partial charge >= 0.3 is 6.04 Å². The molecule has 3 atom stereocenters. The van der Waals surface area contributed by atoms with E-state index < -0.39 is 22.9 Å². The van der Waals surface area contributed by atoms with Crippen molar-refractivity contribution in [1.29, 1.82) is 0 Å². The average molecular weight is 311 g/mol. The Hall–Kier alpha value is -2.53. The topological polar surface area (TPSA) is 69.4 Å². The van der Waals surface area contributed by atoms with Gasteiger partial charge in [-0.3, -0.25) is 14.9 Å². The number of benzene rings is 2. The van der Waals surface area contributed by atoms with E-state index in [0.29, 0.717) is 12.0 Å². The van der Waals surface area contributed by atoms with Crippen LogP contribution in [0.25, 0.3) is 0 Å². The van der Waals surface area contributed by atoms with Gasteiger partial charge in [-0.15, -0.1) is 0 Å². The Morgan fingerprint density at radius 3 is 2.52 bits per heavy atom. The first-order valence-corrected chi connectivity index (χ1v) is 7.54. The lowest BCUT2D eigenvalue weighted by molar-refractivity contribution is -0.520. The second kappa shape index (κ2) is 6.30. The molecule has 2 aromatic rings. The van der Waals surface area contributed by atoms with Crippen LogP contribution in [-0.4, -0.2) is 22.9 Å². The number of nitro groups is 1. The van der Waals surface area contributed by atoms with Crippen molar-refractivity contribution in [3.63, 3.8) is 0 Å². The van der Waals surface area contributed by atoms with Crippen molar-refractivity contribution in [1.82, 2.24) is 0 Å². The summed E-state index contributed by atoms with van der Waals surface area (Å²) in [7, 11) is 0. The highest BCUT2D eigenvalue weighted by Gasteiger charge is 2.44. The fraction of sp³-hybridized carbons (Fsp3) is 0.278. The van der Waals surface area contributed by atoms with Gasteiger partial charge in [-0.25, -0.2) is 0 Å². The number of fused-ring (bicyclic) bond motifs is 1. The SMILES string of the molecule is CC1Cc2ccccc2C(C(C(=O)c2ccccc2)[N+](=O)[O-])O1. The van der Waals surface area contributed by atoms with E-state index in [4.69, 9.17) is 4.74 Å². The maximum atomic E-state index is 12.7. The first-order chi connectivity index (χ1) is 11.1. The second-order valence-electron chi connectivity index (χ2n) is 5.73. The molecule has 23 heavy (non-hydrogen) atoms. The van der Waals surface area contributed by atoms with Gasteiger partial charge < -0.3 is 4.74 Å². The number of carbonyl (C=O) groups excluding carboxylic acids is 1. The Labute approximate surface area is 134 Å². The molecule has 1 aliphatic heterocycles. The van der Waals surface area contributed by atoms with Gasteiger partial charge in [-0.2, -0.15) is 0 Å². The van der Waals surface area contributed by atoms with Crippen molar-refractivity contribution in [2.75, 3.05) is 0 Å². The van der Waals surface area contributed by atoms with Crippen molar-refractivity contribution in [3.8, 4) is 0 Å². The number of hydrogen-bond acceptors (Lipinski definition) is 4. The molecule has 0 aliphatic carbocycles. The quantitative estimate of drug-likeness (QED) is 0.494. The molecule has 0 bridgehead atoms. The van der Waals surface area contributed by atoms with E-state index in [1.165, 1.54) is 0 Å². The van der Waals surface area contributed by atoms with Gasteiger partial charge in [-0.1, -0.05) is 54.6 Å². The molecule has 118 valence electrons.